The van der Waals surface area contributed by atoms with Crippen LogP contribution in [0.4, 0.5) is 0 Å². The molecule has 0 aromatic heterocycles. The smallest absolute Gasteiger partial charge is 0.139 e. The van der Waals surface area contributed by atoms with Crippen molar-refractivity contribution < 1.29 is 9.59 Å². The molecule has 1 fully saturated rings. The standard InChI is InChI=1S/C9H14O2/c1-6-3-4-8(9(6)11)5-7(2)10/h6,8H,3-5H2,1-2H3/t6-,8-/m1/s1. The van der Waals surface area contributed by atoms with Crippen molar-refractivity contribution in [1.29, 1.82) is 0 Å². The van der Waals surface area contributed by atoms with Crippen LogP contribution in [0, 0.1) is 11.8 Å². The maximum Gasteiger partial charge on any atom is 0.139 e. The van der Waals surface area contributed by atoms with Crippen LogP contribution in [0.25, 0.3) is 0 Å². The van der Waals surface area contributed by atoms with E-state index in [-0.39, 0.29) is 17.6 Å². The quantitative estimate of drug-likeness (QED) is 0.605. The highest BCUT2D eigenvalue weighted by molar-refractivity contribution is 5.89. The first-order valence-electron chi connectivity index (χ1n) is 4.14. The van der Waals surface area contributed by atoms with Crippen molar-refractivity contribution in [2.75, 3.05) is 0 Å². The van der Waals surface area contributed by atoms with E-state index >= 15 is 0 Å². The Bertz CT molecular complexity index is 184. The summed E-state index contributed by atoms with van der Waals surface area (Å²) in [5.74, 6) is 0.666. The highest BCUT2D eigenvalue weighted by atomic mass is 16.1. The lowest BCUT2D eigenvalue weighted by Crippen LogP contribution is -2.14. The molecular formula is C9H14O2. The van der Waals surface area contributed by atoms with E-state index in [4.69, 9.17) is 0 Å². The van der Waals surface area contributed by atoms with Gasteiger partial charge in [0.1, 0.15) is 11.6 Å². The minimum atomic E-state index is 0.0440. The second-order valence-corrected chi connectivity index (χ2v) is 3.48. The van der Waals surface area contributed by atoms with Gasteiger partial charge in [-0.3, -0.25) is 4.79 Å². The first kappa shape index (κ1) is 8.44. The summed E-state index contributed by atoms with van der Waals surface area (Å²) in [7, 11) is 0. The van der Waals surface area contributed by atoms with E-state index in [1.54, 1.807) is 6.92 Å². The molecule has 0 unspecified atom stereocenters. The van der Waals surface area contributed by atoms with Gasteiger partial charge in [0.05, 0.1) is 0 Å². The van der Waals surface area contributed by atoms with Gasteiger partial charge in [-0.2, -0.15) is 0 Å². The van der Waals surface area contributed by atoms with Gasteiger partial charge >= 0.3 is 0 Å². The summed E-state index contributed by atoms with van der Waals surface area (Å²) in [6.45, 7) is 3.50. The first-order chi connectivity index (χ1) is 5.11. The fraction of sp³-hybridized carbons (Fsp3) is 0.778. The fourth-order valence-corrected chi connectivity index (χ4v) is 1.69. The summed E-state index contributed by atoms with van der Waals surface area (Å²) in [4.78, 5) is 22.0. The van der Waals surface area contributed by atoms with Crippen LogP contribution in [0.5, 0.6) is 0 Å². The van der Waals surface area contributed by atoms with Crippen molar-refractivity contribution in [2.24, 2.45) is 11.8 Å². The molecule has 0 heterocycles. The normalized spacial score (nSPS) is 30.9. The van der Waals surface area contributed by atoms with Gasteiger partial charge in [-0.25, -0.2) is 0 Å². The highest BCUT2D eigenvalue weighted by Crippen LogP contribution is 2.29. The SMILES string of the molecule is CC(=O)C[C@H]1CC[C@@H](C)C1=O. The molecule has 0 bridgehead atoms. The predicted octanol–water partition coefficient (Wildman–Crippen LogP) is 1.58. The Morgan fingerprint density at radius 3 is 2.55 bits per heavy atom. The number of carbonyl (C=O) groups is 2. The van der Waals surface area contributed by atoms with E-state index in [0.717, 1.165) is 12.8 Å². The van der Waals surface area contributed by atoms with Crippen molar-refractivity contribution in [3.8, 4) is 0 Å². The Balaban J connectivity index is 2.49. The largest absolute Gasteiger partial charge is 0.300 e. The van der Waals surface area contributed by atoms with Crippen molar-refractivity contribution in [1.82, 2.24) is 0 Å². The minimum Gasteiger partial charge on any atom is -0.300 e. The van der Waals surface area contributed by atoms with Crippen LogP contribution in [0.3, 0.4) is 0 Å². The lowest BCUT2D eigenvalue weighted by Gasteiger charge is -2.03. The van der Waals surface area contributed by atoms with E-state index < -0.39 is 0 Å². The van der Waals surface area contributed by atoms with E-state index in [1.165, 1.54) is 0 Å². The predicted molar refractivity (Wildman–Crippen MR) is 42.2 cm³/mol. The Labute approximate surface area is 67.0 Å². The Hall–Kier alpha value is -0.660. The zero-order valence-electron chi connectivity index (χ0n) is 7.09. The molecule has 1 aliphatic carbocycles. The molecule has 2 atom stereocenters. The maximum absolute atomic E-state index is 11.3. The summed E-state index contributed by atoms with van der Waals surface area (Å²) in [5, 5.41) is 0. The summed E-state index contributed by atoms with van der Waals surface area (Å²) in [5.41, 5.74) is 0. The van der Waals surface area contributed by atoms with Gasteiger partial charge in [0, 0.05) is 18.3 Å². The third kappa shape index (κ3) is 1.88. The Kier molecular flexibility index (Phi) is 2.42. The molecule has 0 N–H and O–H groups in total. The summed E-state index contributed by atoms with van der Waals surface area (Å²) in [6.07, 6.45) is 2.35. The minimum absolute atomic E-state index is 0.0440. The molecule has 0 aliphatic heterocycles. The lowest BCUT2D eigenvalue weighted by molar-refractivity contribution is -0.127. The van der Waals surface area contributed by atoms with E-state index in [1.807, 2.05) is 6.92 Å². The van der Waals surface area contributed by atoms with Crippen LogP contribution >= 0.6 is 0 Å². The van der Waals surface area contributed by atoms with Gasteiger partial charge in [0.15, 0.2) is 0 Å². The van der Waals surface area contributed by atoms with Crippen LogP contribution in [-0.2, 0) is 9.59 Å². The molecule has 0 radical (unpaired) electrons. The van der Waals surface area contributed by atoms with Crippen LogP contribution in [0.2, 0.25) is 0 Å². The zero-order valence-corrected chi connectivity index (χ0v) is 7.09. The molecule has 1 rings (SSSR count). The number of Topliss-reactive ketones (excluding diaryl/α,β-unsaturated/α-hetero) is 2. The number of ketones is 2. The number of rotatable bonds is 2. The average molecular weight is 154 g/mol. The summed E-state index contributed by atoms with van der Waals surface area (Å²) in [6, 6.07) is 0. The van der Waals surface area contributed by atoms with Gasteiger partial charge in [-0.1, -0.05) is 6.92 Å². The molecule has 0 saturated heterocycles. The van der Waals surface area contributed by atoms with E-state index in [9.17, 15) is 9.59 Å². The topological polar surface area (TPSA) is 34.1 Å². The fourth-order valence-electron chi connectivity index (χ4n) is 1.69. The first-order valence-corrected chi connectivity index (χ1v) is 4.14. The number of carbonyl (C=O) groups excluding carboxylic acids is 2. The molecule has 62 valence electrons. The molecule has 2 heteroatoms. The van der Waals surface area contributed by atoms with Crippen LogP contribution in [-0.4, -0.2) is 11.6 Å². The van der Waals surface area contributed by atoms with Crippen LogP contribution < -0.4 is 0 Å². The third-order valence-electron chi connectivity index (χ3n) is 2.37. The Morgan fingerprint density at radius 1 is 1.55 bits per heavy atom. The Morgan fingerprint density at radius 2 is 2.18 bits per heavy atom. The van der Waals surface area contributed by atoms with E-state index in [2.05, 4.69) is 0 Å². The highest BCUT2D eigenvalue weighted by Gasteiger charge is 2.31. The van der Waals surface area contributed by atoms with Crippen molar-refractivity contribution in [3.05, 3.63) is 0 Å². The number of hydrogen-bond acceptors (Lipinski definition) is 2. The number of hydrogen-bond donors (Lipinski definition) is 0. The van der Waals surface area contributed by atoms with Gasteiger partial charge in [0.25, 0.3) is 0 Å². The lowest BCUT2D eigenvalue weighted by atomic mass is 9.99. The van der Waals surface area contributed by atoms with E-state index in [0.29, 0.717) is 12.2 Å². The molecule has 0 spiro atoms. The third-order valence-corrected chi connectivity index (χ3v) is 2.37. The zero-order chi connectivity index (χ0) is 8.43. The van der Waals surface area contributed by atoms with Crippen molar-refractivity contribution in [3.63, 3.8) is 0 Å². The average Bonchev–Trinajstić information content (AvgIpc) is 2.18. The van der Waals surface area contributed by atoms with Crippen molar-refractivity contribution in [2.45, 2.75) is 33.1 Å². The molecule has 2 nitrogen and oxygen atoms in total. The molecule has 0 amide bonds. The van der Waals surface area contributed by atoms with Crippen molar-refractivity contribution >= 4 is 11.6 Å². The summed E-state index contributed by atoms with van der Waals surface area (Å²) >= 11 is 0. The van der Waals surface area contributed by atoms with Gasteiger partial charge in [-0.15, -0.1) is 0 Å². The molecular weight excluding hydrogens is 140 g/mol. The van der Waals surface area contributed by atoms with Crippen LogP contribution in [0.15, 0.2) is 0 Å². The monoisotopic (exact) mass is 154 g/mol. The maximum atomic E-state index is 11.3. The molecule has 1 saturated carbocycles. The van der Waals surface area contributed by atoms with Crippen LogP contribution in [0.1, 0.15) is 33.1 Å². The molecule has 11 heavy (non-hydrogen) atoms. The summed E-state index contributed by atoms with van der Waals surface area (Å²) < 4.78 is 0. The van der Waals surface area contributed by atoms with Gasteiger partial charge in [0.2, 0.25) is 0 Å². The second-order valence-electron chi connectivity index (χ2n) is 3.48. The second kappa shape index (κ2) is 3.16. The van der Waals surface area contributed by atoms with Gasteiger partial charge < -0.3 is 4.79 Å². The molecule has 1 aliphatic rings. The van der Waals surface area contributed by atoms with Gasteiger partial charge in [-0.05, 0) is 19.8 Å². The molecule has 0 aromatic carbocycles. The molecule has 0 aromatic rings.